The van der Waals surface area contributed by atoms with E-state index in [1.807, 2.05) is 0 Å². The van der Waals surface area contributed by atoms with Gasteiger partial charge in [0.15, 0.2) is 0 Å². The molecule has 1 aromatic rings. The molecule has 4 nitrogen and oxygen atoms in total. The highest BCUT2D eigenvalue weighted by Gasteiger charge is 2.25. The largest absolute Gasteiger partial charge is 0.308 e. The molecule has 1 heterocycles. The van der Waals surface area contributed by atoms with Crippen LogP contribution >= 0.6 is 0 Å². The third-order valence-electron chi connectivity index (χ3n) is 6.36. The Balaban J connectivity index is 1.71. The fourth-order valence-electron chi connectivity index (χ4n) is 5.06. The Morgan fingerprint density at radius 1 is 1.10 bits per heavy atom. The van der Waals surface area contributed by atoms with Crippen molar-refractivity contribution < 1.29 is 4.84 Å². The van der Waals surface area contributed by atoms with Gasteiger partial charge in [0.05, 0.1) is 6.61 Å². The second-order valence-corrected chi connectivity index (χ2v) is 10.00. The SMILES string of the molecule is CC(C)C[C@@H](CN(C)C)N(Cc1cccc(CN2CCCO2)c1)CC1CCCC1. The number of hydrogen-bond acceptors (Lipinski definition) is 4. The van der Waals surface area contributed by atoms with Crippen molar-refractivity contribution >= 4 is 0 Å². The van der Waals surface area contributed by atoms with Crippen LogP contribution in [0, 0.1) is 11.8 Å². The van der Waals surface area contributed by atoms with Crippen molar-refractivity contribution in [2.75, 3.05) is 40.3 Å². The summed E-state index contributed by atoms with van der Waals surface area (Å²) in [6, 6.07) is 9.83. The Hall–Kier alpha value is -0.940. The molecule has 164 valence electrons. The lowest BCUT2D eigenvalue weighted by atomic mass is 9.98. The van der Waals surface area contributed by atoms with Crippen LogP contribution in [0.3, 0.4) is 0 Å². The topological polar surface area (TPSA) is 19.0 Å². The van der Waals surface area contributed by atoms with E-state index in [1.54, 1.807) is 0 Å². The highest BCUT2D eigenvalue weighted by Crippen LogP contribution is 2.28. The zero-order valence-corrected chi connectivity index (χ0v) is 19.3. The summed E-state index contributed by atoms with van der Waals surface area (Å²) < 4.78 is 0. The maximum atomic E-state index is 5.71. The van der Waals surface area contributed by atoms with Gasteiger partial charge in [0.2, 0.25) is 0 Å². The van der Waals surface area contributed by atoms with E-state index in [-0.39, 0.29) is 0 Å². The lowest BCUT2D eigenvalue weighted by Crippen LogP contribution is -2.44. The van der Waals surface area contributed by atoms with Crippen LogP contribution in [0.4, 0.5) is 0 Å². The molecule has 2 fully saturated rings. The number of benzene rings is 1. The van der Waals surface area contributed by atoms with Crippen LogP contribution in [0.5, 0.6) is 0 Å². The van der Waals surface area contributed by atoms with Gasteiger partial charge in [-0.1, -0.05) is 51.0 Å². The van der Waals surface area contributed by atoms with E-state index in [0.29, 0.717) is 6.04 Å². The van der Waals surface area contributed by atoms with Crippen LogP contribution < -0.4 is 0 Å². The summed E-state index contributed by atoms with van der Waals surface area (Å²) in [7, 11) is 4.44. The molecule has 1 saturated heterocycles. The molecule has 1 atom stereocenters. The second kappa shape index (κ2) is 11.5. The Bertz CT molecular complexity index is 581. The number of hydrogen-bond donors (Lipinski definition) is 0. The fraction of sp³-hybridized carbons (Fsp3) is 0.760. The van der Waals surface area contributed by atoms with Crippen LogP contribution in [0.2, 0.25) is 0 Å². The van der Waals surface area contributed by atoms with Crippen molar-refractivity contribution in [3.05, 3.63) is 35.4 Å². The van der Waals surface area contributed by atoms with Crippen LogP contribution in [0.1, 0.15) is 63.5 Å². The highest BCUT2D eigenvalue weighted by atomic mass is 16.7. The smallest absolute Gasteiger partial charge is 0.0698 e. The Labute approximate surface area is 179 Å². The third-order valence-corrected chi connectivity index (χ3v) is 6.36. The predicted octanol–water partition coefficient (Wildman–Crippen LogP) is 4.79. The zero-order valence-electron chi connectivity index (χ0n) is 19.3. The fourth-order valence-corrected chi connectivity index (χ4v) is 5.06. The average molecular weight is 402 g/mol. The van der Waals surface area contributed by atoms with Gasteiger partial charge in [0, 0.05) is 38.8 Å². The molecular weight excluding hydrogens is 358 g/mol. The monoisotopic (exact) mass is 401 g/mol. The molecule has 1 aromatic carbocycles. The number of hydroxylamine groups is 2. The van der Waals surface area contributed by atoms with Crippen LogP contribution in [-0.4, -0.2) is 61.2 Å². The quantitative estimate of drug-likeness (QED) is 0.530. The summed E-state index contributed by atoms with van der Waals surface area (Å²) >= 11 is 0. The molecule has 1 saturated carbocycles. The van der Waals surface area contributed by atoms with Crippen LogP contribution in [0.25, 0.3) is 0 Å². The minimum atomic E-state index is 0.621. The summed E-state index contributed by atoms with van der Waals surface area (Å²) in [6.45, 7) is 11.0. The average Bonchev–Trinajstić information content (AvgIpc) is 3.34. The first-order chi connectivity index (χ1) is 14.0. The first-order valence-electron chi connectivity index (χ1n) is 11.8. The molecule has 0 aromatic heterocycles. The molecule has 0 radical (unpaired) electrons. The van der Waals surface area contributed by atoms with Crippen molar-refractivity contribution in [3.63, 3.8) is 0 Å². The van der Waals surface area contributed by atoms with Gasteiger partial charge < -0.3 is 4.90 Å². The van der Waals surface area contributed by atoms with Crippen LogP contribution in [0.15, 0.2) is 24.3 Å². The minimum Gasteiger partial charge on any atom is -0.308 e. The molecule has 1 aliphatic carbocycles. The molecule has 2 aliphatic rings. The third kappa shape index (κ3) is 7.67. The molecular formula is C25H43N3O. The van der Waals surface area contributed by atoms with Gasteiger partial charge in [0.25, 0.3) is 0 Å². The van der Waals surface area contributed by atoms with Gasteiger partial charge in [-0.3, -0.25) is 9.74 Å². The van der Waals surface area contributed by atoms with Crippen molar-refractivity contribution in [3.8, 4) is 0 Å². The molecule has 29 heavy (non-hydrogen) atoms. The summed E-state index contributed by atoms with van der Waals surface area (Å²) in [4.78, 5) is 10.9. The van der Waals surface area contributed by atoms with E-state index in [2.05, 4.69) is 67.1 Å². The number of nitrogens with zero attached hydrogens (tertiary/aromatic N) is 3. The number of rotatable bonds is 11. The van der Waals surface area contributed by atoms with Gasteiger partial charge in [-0.2, -0.15) is 5.06 Å². The molecule has 4 heteroatoms. The first-order valence-corrected chi connectivity index (χ1v) is 11.8. The predicted molar refractivity (Wildman–Crippen MR) is 122 cm³/mol. The molecule has 0 bridgehead atoms. The van der Waals surface area contributed by atoms with E-state index >= 15 is 0 Å². The normalized spacial score (nSPS) is 19.8. The van der Waals surface area contributed by atoms with Gasteiger partial charge in [0.1, 0.15) is 0 Å². The zero-order chi connectivity index (χ0) is 20.6. The highest BCUT2D eigenvalue weighted by molar-refractivity contribution is 5.23. The molecule has 0 spiro atoms. The van der Waals surface area contributed by atoms with E-state index in [4.69, 9.17) is 4.84 Å². The standard InChI is InChI=1S/C25H43N3O/c1-21(2)15-25(20-26(3)4)27(17-22-9-5-6-10-22)18-23-11-7-12-24(16-23)19-28-13-8-14-29-28/h7,11-12,16,21-22,25H,5-6,8-10,13-15,17-20H2,1-4H3/t25-/m0/s1. The van der Waals surface area contributed by atoms with Crippen molar-refractivity contribution in [2.24, 2.45) is 11.8 Å². The molecule has 0 unspecified atom stereocenters. The van der Waals surface area contributed by atoms with E-state index < -0.39 is 0 Å². The number of likely N-dealkylation sites (N-methyl/N-ethyl adjacent to an activating group) is 1. The van der Waals surface area contributed by atoms with Gasteiger partial charge >= 0.3 is 0 Å². The summed E-state index contributed by atoms with van der Waals surface area (Å²) in [6.07, 6.45) is 8.10. The van der Waals surface area contributed by atoms with Crippen LogP contribution in [-0.2, 0) is 17.9 Å². The second-order valence-electron chi connectivity index (χ2n) is 10.00. The van der Waals surface area contributed by atoms with Crippen molar-refractivity contribution in [1.82, 2.24) is 14.9 Å². The maximum Gasteiger partial charge on any atom is 0.0698 e. The Kier molecular flexibility index (Phi) is 8.98. The van der Waals surface area contributed by atoms with Gasteiger partial charge in [-0.15, -0.1) is 0 Å². The van der Waals surface area contributed by atoms with E-state index in [9.17, 15) is 0 Å². The molecule has 3 rings (SSSR count). The van der Waals surface area contributed by atoms with Crippen molar-refractivity contribution in [1.29, 1.82) is 0 Å². The van der Waals surface area contributed by atoms with Gasteiger partial charge in [-0.05, 0) is 62.7 Å². The summed E-state index contributed by atoms with van der Waals surface area (Å²) in [5.41, 5.74) is 2.82. The maximum absolute atomic E-state index is 5.71. The minimum absolute atomic E-state index is 0.621. The summed E-state index contributed by atoms with van der Waals surface area (Å²) in [5.74, 6) is 1.61. The molecule has 0 amide bonds. The summed E-state index contributed by atoms with van der Waals surface area (Å²) in [5, 5.41) is 2.11. The van der Waals surface area contributed by atoms with E-state index in [1.165, 1.54) is 49.8 Å². The molecule has 1 aliphatic heterocycles. The lowest BCUT2D eigenvalue weighted by Gasteiger charge is -2.36. The van der Waals surface area contributed by atoms with Gasteiger partial charge in [-0.25, -0.2) is 0 Å². The Morgan fingerprint density at radius 3 is 2.52 bits per heavy atom. The first kappa shape index (κ1) is 22.7. The van der Waals surface area contributed by atoms with Crippen molar-refractivity contribution in [2.45, 2.75) is 71.5 Å². The molecule has 0 N–H and O–H groups in total. The van der Waals surface area contributed by atoms with E-state index in [0.717, 1.165) is 51.0 Å². The lowest BCUT2D eigenvalue weighted by molar-refractivity contribution is -0.117. The Morgan fingerprint density at radius 2 is 1.86 bits per heavy atom.